The molecule has 2 rings (SSSR count). The van der Waals surface area contributed by atoms with E-state index in [2.05, 4.69) is 22.1 Å². The zero-order valence-corrected chi connectivity index (χ0v) is 14.2. The van der Waals surface area contributed by atoms with Gasteiger partial charge < -0.3 is 11.1 Å². The molecule has 0 aliphatic rings. The molecule has 0 bridgehead atoms. The first-order chi connectivity index (χ1) is 11.0. The van der Waals surface area contributed by atoms with Crippen molar-refractivity contribution < 1.29 is 9.59 Å². The highest BCUT2D eigenvalue weighted by molar-refractivity contribution is 8.00. The van der Waals surface area contributed by atoms with E-state index in [1.54, 1.807) is 17.6 Å². The number of carbonyl (C=O) groups excluding carboxylic acids is 2. The van der Waals surface area contributed by atoms with Crippen LogP contribution in [0, 0.1) is 0 Å². The quantitative estimate of drug-likeness (QED) is 0.551. The highest BCUT2D eigenvalue weighted by Crippen LogP contribution is 2.29. The van der Waals surface area contributed by atoms with Crippen molar-refractivity contribution in [3.63, 3.8) is 0 Å². The van der Waals surface area contributed by atoms with Crippen LogP contribution in [0.4, 0.5) is 0 Å². The molecule has 0 radical (unpaired) electrons. The average molecular weight is 351 g/mol. The summed E-state index contributed by atoms with van der Waals surface area (Å²) in [6.45, 7) is 5.68. The van der Waals surface area contributed by atoms with Crippen LogP contribution in [-0.2, 0) is 16.1 Å². The van der Waals surface area contributed by atoms with E-state index in [0.29, 0.717) is 17.5 Å². The molecule has 7 nitrogen and oxygen atoms in total. The molecule has 2 aromatic heterocycles. The first-order valence-corrected chi connectivity index (χ1v) is 8.59. The van der Waals surface area contributed by atoms with E-state index in [1.807, 2.05) is 17.5 Å². The van der Waals surface area contributed by atoms with Gasteiger partial charge in [-0.25, -0.2) is 0 Å². The average Bonchev–Trinajstić information content (AvgIpc) is 3.14. The van der Waals surface area contributed by atoms with E-state index < -0.39 is 5.91 Å². The summed E-state index contributed by atoms with van der Waals surface area (Å²) in [4.78, 5) is 24.2. The molecule has 0 aliphatic heterocycles. The molecule has 0 saturated heterocycles. The summed E-state index contributed by atoms with van der Waals surface area (Å²) in [5.74, 6) is -0.0607. The number of hydrogen-bond donors (Lipinski definition) is 2. The molecule has 2 amide bonds. The number of amides is 2. The summed E-state index contributed by atoms with van der Waals surface area (Å²) >= 11 is 2.72. The number of carbonyl (C=O) groups is 2. The van der Waals surface area contributed by atoms with Crippen LogP contribution >= 0.6 is 23.1 Å². The third-order valence-corrected chi connectivity index (χ3v) is 4.79. The maximum Gasteiger partial charge on any atom is 0.237 e. The number of primary amides is 1. The van der Waals surface area contributed by atoms with E-state index >= 15 is 0 Å². The van der Waals surface area contributed by atoms with Gasteiger partial charge in [-0.3, -0.25) is 14.2 Å². The Morgan fingerprint density at radius 3 is 2.96 bits per heavy atom. The summed E-state index contributed by atoms with van der Waals surface area (Å²) in [5.41, 5.74) is 5.32. The molecule has 2 heterocycles. The molecule has 0 spiro atoms. The monoisotopic (exact) mass is 351 g/mol. The van der Waals surface area contributed by atoms with Crippen molar-refractivity contribution in [2.75, 3.05) is 6.54 Å². The first kappa shape index (κ1) is 17.2. The Hall–Kier alpha value is -2.13. The van der Waals surface area contributed by atoms with Gasteiger partial charge in [0.2, 0.25) is 11.8 Å². The van der Waals surface area contributed by atoms with Gasteiger partial charge in [0.05, 0.1) is 10.1 Å². The number of aromatic nitrogens is 3. The lowest BCUT2D eigenvalue weighted by Gasteiger charge is -2.11. The number of nitrogens with one attached hydrogen (secondary N) is 1. The Bertz CT molecular complexity index is 696. The zero-order chi connectivity index (χ0) is 16.8. The molecule has 2 aromatic rings. The summed E-state index contributed by atoms with van der Waals surface area (Å²) in [5, 5.41) is 13.0. The summed E-state index contributed by atoms with van der Waals surface area (Å²) in [6.07, 6.45) is 1.61. The molecule has 0 unspecified atom stereocenters. The van der Waals surface area contributed by atoms with Gasteiger partial charge >= 0.3 is 0 Å². The number of rotatable bonds is 8. The first-order valence-electron chi connectivity index (χ1n) is 6.83. The van der Waals surface area contributed by atoms with Gasteiger partial charge in [-0.2, -0.15) is 0 Å². The molecule has 9 heteroatoms. The number of nitrogens with two attached hydrogens (primary N) is 1. The Balaban J connectivity index is 2.23. The maximum atomic E-state index is 11.9. The highest BCUT2D eigenvalue weighted by Gasteiger charge is 2.21. The smallest absolute Gasteiger partial charge is 0.237 e. The van der Waals surface area contributed by atoms with Crippen LogP contribution in [0.2, 0.25) is 0 Å². The predicted octanol–water partition coefficient (Wildman–Crippen LogP) is 1.27. The Morgan fingerprint density at radius 1 is 1.57 bits per heavy atom. The lowest BCUT2D eigenvalue weighted by molar-refractivity contribution is -0.120. The molecular formula is C14H17N5O2S2. The maximum absolute atomic E-state index is 11.9. The van der Waals surface area contributed by atoms with Crippen LogP contribution in [0.15, 0.2) is 35.3 Å². The number of thioether (sulfide) groups is 1. The number of nitrogens with zero attached hydrogens (tertiary/aromatic N) is 3. The van der Waals surface area contributed by atoms with Crippen molar-refractivity contribution in [3.05, 3.63) is 30.2 Å². The molecular weight excluding hydrogens is 334 g/mol. The van der Waals surface area contributed by atoms with Gasteiger partial charge in [0.1, 0.15) is 6.54 Å². The van der Waals surface area contributed by atoms with E-state index in [0.717, 1.165) is 4.88 Å². The van der Waals surface area contributed by atoms with Crippen molar-refractivity contribution in [2.24, 2.45) is 5.73 Å². The van der Waals surface area contributed by atoms with Crippen molar-refractivity contribution in [3.8, 4) is 10.7 Å². The third-order valence-electron chi connectivity index (χ3n) is 2.84. The number of thiophene rings is 1. The second-order valence-electron chi connectivity index (χ2n) is 4.63. The molecule has 0 fully saturated rings. The highest BCUT2D eigenvalue weighted by atomic mass is 32.2. The largest absolute Gasteiger partial charge is 0.368 e. The van der Waals surface area contributed by atoms with E-state index in [4.69, 9.17) is 5.73 Å². The van der Waals surface area contributed by atoms with Crippen LogP contribution in [0.3, 0.4) is 0 Å². The Morgan fingerprint density at radius 2 is 2.35 bits per heavy atom. The van der Waals surface area contributed by atoms with Crippen molar-refractivity contribution in [2.45, 2.75) is 23.9 Å². The van der Waals surface area contributed by atoms with Crippen molar-refractivity contribution in [1.82, 2.24) is 20.1 Å². The Labute approximate surface area is 142 Å². The van der Waals surface area contributed by atoms with E-state index in [1.165, 1.54) is 23.1 Å². The van der Waals surface area contributed by atoms with Crippen LogP contribution in [0.25, 0.3) is 10.7 Å². The standard InChI is InChI=1S/C14H17N5O2S2/c1-3-6-16-13(21)9(2)23-14-18-17-12(10-5-4-7-22-10)19(14)8-11(15)20/h3-5,7,9H,1,6,8H2,2H3,(H2,15,20)(H,16,21)/t9-/m0/s1. The van der Waals surface area contributed by atoms with Crippen LogP contribution in [0.5, 0.6) is 0 Å². The Kier molecular flexibility index (Phi) is 5.94. The van der Waals surface area contributed by atoms with Crippen LogP contribution in [0.1, 0.15) is 6.92 Å². The molecule has 1 atom stereocenters. The summed E-state index contributed by atoms with van der Waals surface area (Å²) in [7, 11) is 0. The van der Waals surface area contributed by atoms with E-state index in [9.17, 15) is 9.59 Å². The second kappa shape index (κ2) is 7.93. The molecule has 0 aliphatic carbocycles. The third kappa shape index (κ3) is 4.42. The van der Waals surface area contributed by atoms with Gasteiger partial charge in [-0.05, 0) is 18.4 Å². The van der Waals surface area contributed by atoms with E-state index in [-0.39, 0.29) is 17.7 Å². The molecule has 3 N–H and O–H groups in total. The molecule has 23 heavy (non-hydrogen) atoms. The van der Waals surface area contributed by atoms with Crippen molar-refractivity contribution >= 4 is 34.9 Å². The lowest BCUT2D eigenvalue weighted by Crippen LogP contribution is -2.31. The van der Waals surface area contributed by atoms with Crippen LogP contribution in [-0.4, -0.2) is 38.4 Å². The van der Waals surface area contributed by atoms with Gasteiger partial charge in [0, 0.05) is 6.54 Å². The second-order valence-corrected chi connectivity index (χ2v) is 6.89. The molecule has 0 saturated carbocycles. The van der Waals surface area contributed by atoms with Gasteiger partial charge in [-0.15, -0.1) is 28.1 Å². The molecule has 0 aromatic carbocycles. The minimum absolute atomic E-state index is 0.0381. The van der Waals surface area contributed by atoms with Gasteiger partial charge in [-0.1, -0.05) is 23.9 Å². The van der Waals surface area contributed by atoms with Crippen LogP contribution < -0.4 is 11.1 Å². The van der Waals surface area contributed by atoms with Crippen molar-refractivity contribution in [1.29, 1.82) is 0 Å². The normalized spacial score (nSPS) is 11.9. The predicted molar refractivity (Wildman–Crippen MR) is 91.1 cm³/mol. The minimum Gasteiger partial charge on any atom is -0.368 e. The fourth-order valence-corrected chi connectivity index (χ4v) is 3.38. The minimum atomic E-state index is -0.492. The molecule has 122 valence electrons. The lowest BCUT2D eigenvalue weighted by atomic mass is 10.4. The fraction of sp³-hybridized carbons (Fsp3) is 0.286. The summed E-state index contributed by atoms with van der Waals surface area (Å²) in [6, 6.07) is 3.78. The summed E-state index contributed by atoms with van der Waals surface area (Å²) < 4.78 is 1.64. The fourth-order valence-electron chi connectivity index (χ4n) is 1.79. The van der Waals surface area contributed by atoms with Gasteiger partial charge in [0.25, 0.3) is 0 Å². The van der Waals surface area contributed by atoms with Gasteiger partial charge in [0.15, 0.2) is 11.0 Å². The zero-order valence-electron chi connectivity index (χ0n) is 12.6. The SMILES string of the molecule is C=CCNC(=O)[C@H](C)Sc1nnc(-c2cccs2)n1CC(N)=O. The topological polar surface area (TPSA) is 103 Å². The number of hydrogen-bond acceptors (Lipinski definition) is 6.